The molecule has 0 radical (unpaired) electrons. The summed E-state index contributed by atoms with van der Waals surface area (Å²) in [7, 11) is 0. The number of hydrogen-bond acceptors (Lipinski definition) is 3. The summed E-state index contributed by atoms with van der Waals surface area (Å²) in [5.74, 6) is 0.523. The van der Waals surface area contributed by atoms with E-state index in [2.05, 4.69) is 10.5 Å². The normalized spacial score (nSPS) is 10.4. The molecule has 1 amide bonds. The number of hydrogen-bond donors (Lipinski definition) is 1. The van der Waals surface area contributed by atoms with Gasteiger partial charge in [-0.05, 0) is 17.7 Å². The van der Waals surface area contributed by atoms with E-state index in [0.717, 1.165) is 16.9 Å². The summed E-state index contributed by atoms with van der Waals surface area (Å²) in [5.41, 5.74) is 4.29. The van der Waals surface area contributed by atoms with E-state index in [1.165, 1.54) is 6.92 Å². The van der Waals surface area contributed by atoms with Crippen molar-refractivity contribution in [3.8, 4) is 5.75 Å². The third-order valence-corrected chi connectivity index (χ3v) is 2.58. The summed E-state index contributed by atoms with van der Waals surface area (Å²) in [6.45, 7) is 1.90. The molecule has 0 heterocycles. The van der Waals surface area contributed by atoms with Gasteiger partial charge in [0.1, 0.15) is 12.4 Å². The van der Waals surface area contributed by atoms with Crippen LogP contribution in [0.1, 0.15) is 18.1 Å². The first-order valence-corrected chi connectivity index (χ1v) is 6.31. The molecule has 0 aromatic heterocycles. The largest absolute Gasteiger partial charge is 0.488 e. The molecule has 0 aliphatic rings. The number of ether oxygens (including phenoxy) is 1. The molecule has 2 aromatic rings. The minimum absolute atomic E-state index is 0.205. The van der Waals surface area contributed by atoms with E-state index >= 15 is 0 Å². The zero-order chi connectivity index (χ0) is 14.2. The van der Waals surface area contributed by atoms with E-state index in [0.29, 0.717) is 6.61 Å². The topological polar surface area (TPSA) is 50.7 Å². The van der Waals surface area contributed by atoms with Crippen LogP contribution in [0.15, 0.2) is 59.7 Å². The number of para-hydroxylation sites is 1. The Kier molecular flexibility index (Phi) is 4.89. The van der Waals surface area contributed by atoms with Gasteiger partial charge in [-0.3, -0.25) is 4.79 Å². The summed E-state index contributed by atoms with van der Waals surface area (Å²) >= 11 is 0. The molecule has 0 atom stereocenters. The molecule has 0 unspecified atom stereocenters. The average Bonchev–Trinajstić information content (AvgIpc) is 2.47. The fourth-order valence-electron chi connectivity index (χ4n) is 1.65. The first-order valence-electron chi connectivity index (χ1n) is 6.31. The Morgan fingerprint density at radius 2 is 1.85 bits per heavy atom. The highest BCUT2D eigenvalue weighted by Gasteiger charge is 2.01. The van der Waals surface area contributed by atoms with E-state index in [1.807, 2.05) is 54.6 Å². The van der Waals surface area contributed by atoms with Crippen LogP contribution in [0.5, 0.6) is 5.75 Å². The first kappa shape index (κ1) is 13.8. The minimum atomic E-state index is -0.205. The molecule has 0 fully saturated rings. The summed E-state index contributed by atoms with van der Waals surface area (Å²) < 4.78 is 5.78. The lowest BCUT2D eigenvalue weighted by atomic mass is 10.2. The minimum Gasteiger partial charge on any atom is -0.488 e. The maximum absolute atomic E-state index is 10.8. The molecule has 0 aliphatic heterocycles. The van der Waals surface area contributed by atoms with E-state index < -0.39 is 0 Å². The van der Waals surface area contributed by atoms with Gasteiger partial charge >= 0.3 is 0 Å². The lowest BCUT2D eigenvalue weighted by molar-refractivity contribution is -0.118. The first-order chi connectivity index (χ1) is 9.75. The van der Waals surface area contributed by atoms with Crippen LogP contribution in [0.3, 0.4) is 0 Å². The smallest absolute Gasteiger partial charge is 0.236 e. The zero-order valence-electron chi connectivity index (χ0n) is 11.2. The Labute approximate surface area is 118 Å². The molecular weight excluding hydrogens is 252 g/mol. The number of nitrogens with one attached hydrogen (secondary N) is 1. The third kappa shape index (κ3) is 4.24. The van der Waals surface area contributed by atoms with Crippen molar-refractivity contribution in [2.75, 3.05) is 0 Å². The number of carbonyl (C=O) groups excluding carboxylic acids is 1. The highest BCUT2D eigenvalue weighted by atomic mass is 16.5. The molecule has 0 saturated carbocycles. The van der Waals surface area contributed by atoms with Crippen molar-refractivity contribution in [2.24, 2.45) is 5.10 Å². The molecule has 102 valence electrons. The molecular formula is C16H16N2O2. The maximum Gasteiger partial charge on any atom is 0.236 e. The van der Waals surface area contributed by atoms with Gasteiger partial charge in [-0.2, -0.15) is 5.10 Å². The van der Waals surface area contributed by atoms with Gasteiger partial charge in [-0.1, -0.05) is 42.5 Å². The highest BCUT2D eigenvalue weighted by molar-refractivity contribution is 5.84. The van der Waals surface area contributed by atoms with Crippen molar-refractivity contribution >= 4 is 12.1 Å². The van der Waals surface area contributed by atoms with Gasteiger partial charge in [0.2, 0.25) is 5.91 Å². The second kappa shape index (κ2) is 7.09. The van der Waals surface area contributed by atoms with E-state index in [-0.39, 0.29) is 5.91 Å². The highest BCUT2D eigenvalue weighted by Crippen LogP contribution is 2.17. The monoisotopic (exact) mass is 268 g/mol. The number of nitrogens with zero attached hydrogens (tertiary/aromatic N) is 1. The predicted octanol–water partition coefficient (Wildman–Crippen LogP) is 2.74. The summed E-state index contributed by atoms with van der Waals surface area (Å²) in [4.78, 5) is 10.8. The standard InChI is InChI=1S/C16H16N2O2/c1-13(19)18-17-11-15-9-5-6-10-16(15)20-12-14-7-3-2-4-8-14/h2-11H,12H2,1H3,(H,18,19)/b17-11-. The molecule has 4 nitrogen and oxygen atoms in total. The fraction of sp³-hybridized carbons (Fsp3) is 0.125. The van der Waals surface area contributed by atoms with E-state index in [1.54, 1.807) is 6.21 Å². The van der Waals surface area contributed by atoms with Gasteiger partial charge in [-0.15, -0.1) is 0 Å². The van der Waals surface area contributed by atoms with Crippen molar-refractivity contribution in [1.82, 2.24) is 5.43 Å². The molecule has 0 bridgehead atoms. The molecule has 20 heavy (non-hydrogen) atoms. The molecule has 0 saturated heterocycles. The van der Waals surface area contributed by atoms with Crippen LogP contribution in [0.25, 0.3) is 0 Å². The lowest BCUT2D eigenvalue weighted by Gasteiger charge is -2.08. The Balaban J connectivity index is 2.04. The quantitative estimate of drug-likeness (QED) is 0.669. The second-order valence-corrected chi connectivity index (χ2v) is 4.24. The van der Waals surface area contributed by atoms with Crippen molar-refractivity contribution in [2.45, 2.75) is 13.5 Å². The number of rotatable bonds is 5. The van der Waals surface area contributed by atoms with E-state index in [9.17, 15) is 4.79 Å². The fourth-order valence-corrected chi connectivity index (χ4v) is 1.65. The maximum atomic E-state index is 10.8. The predicted molar refractivity (Wildman–Crippen MR) is 78.6 cm³/mol. The molecule has 4 heteroatoms. The van der Waals surface area contributed by atoms with Crippen molar-refractivity contribution in [3.63, 3.8) is 0 Å². The summed E-state index contributed by atoms with van der Waals surface area (Å²) in [6.07, 6.45) is 1.57. The van der Waals surface area contributed by atoms with Crippen LogP contribution in [-0.2, 0) is 11.4 Å². The molecule has 2 rings (SSSR count). The van der Waals surface area contributed by atoms with Crippen molar-refractivity contribution in [1.29, 1.82) is 0 Å². The van der Waals surface area contributed by atoms with Crippen LogP contribution in [0.4, 0.5) is 0 Å². The van der Waals surface area contributed by atoms with Crippen LogP contribution in [0, 0.1) is 0 Å². The Hall–Kier alpha value is -2.62. The van der Waals surface area contributed by atoms with Gasteiger partial charge in [0, 0.05) is 12.5 Å². The van der Waals surface area contributed by atoms with Gasteiger partial charge in [0.05, 0.1) is 6.21 Å². The van der Waals surface area contributed by atoms with Crippen LogP contribution >= 0.6 is 0 Å². The van der Waals surface area contributed by atoms with Crippen molar-refractivity contribution < 1.29 is 9.53 Å². The average molecular weight is 268 g/mol. The van der Waals surface area contributed by atoms with Crippen molar-refractivity contribution in [3.05, 3.63) is 65.7 Å². The Morgan fingerprint density at radius 3 is 2.60 bits per heavy atom. The molecule has 0 aliphatic carbocycles. The zero-order valence-corrected chi connectivity index (χ0v) is 11.2. The van der Waals surface area contributed by atoms with Gasteiger partial charge in [0.15, 0.2) is 0 Å². The number of hydrazone groups is 1. The molecule has 1 N–H and O–H groups in total. The Morgan fingerprint density at radius 1 is 1.15 bits per heavy atom. The van der Waals surface area contributed by atoms with E-state index in [4.69, 9.17) is 4.74 Å². The summed E-state index contributed by atoms with van der Waals surface area (Å²) in [6, 6.07) is 17.5. The van der Waals surface area contributed by atoms with Gasteiger partial charge < -0.3 is 4.74 Å². The summed E-state index contributed by atoms with van der Waals surface area (Å²) in [5, 5.41) is 3.85. The third-order valence-electron chi connectivity index (χ3n) is 2.58. The number of benzene rings is 2. The SMILES string of the molecule is CC(=O)N/N=C\c1ccccc1OCc1ccccc1. The lowest BCUT2D eigenvalue weighted by Crippen LogP contribution is -2.12. The van der Waals surface area contributed by atoms with Crippen LogP contribution in [-0.4, -0.2) is 12.1 Å². The van der Waals surface area contributed by atoms with Crippen LogP contribution in [0.2, 0.25) is 0 Å². The number of carbonyl (C=O) groups is 1. The van der Waals surface area contributed by atoms with Gasteiger partial charge in [-0.25, -0.2) is 5.43 Å². The number of amides is 1. The van der Waals surface area contributed by atoms with Crippen LogP contribution < -0.4 is 10.2 Å². The molecule has 2 aromatic carbocycles. The second-order valence-electron chi connectivity index (χ2n) is 4.24. The molecule has 0 spiro atoms. The Bertz CT molecular complexity index is 594. The van der Waals surface area contributed by atoms with Gasteiger partial charge in [0.25, 0.3) is 0 Å².